The van der Waals surface area contributed by atoms with Gasteiger partial charge in [-0.2, -0.15) is 0 Å². The van der Waals surface area contributed by atoms with Crippen LogP contribution >= 0.6 is 12.2 Å². The van der Waals surface area contributed by atoms with Crippen molar-refractivity contribution in [3.63, 3.8) is 0 Å². The molecule has 3 heteroatoms. The predicted molar refractivity (Wildman–Crippen MR) is 52.6 cm³/mol. The van der Waals surface area contributed by atoms with E-state index in [9.17, 15) is 9.50 Å². The molecular formula is C10H7FOS. The number of fused-ring (bicyclic) bond motifs is 1. The molecular weight excluding hydrogens is 187 g/mol. The minimum absolute atomic E-state index is 0.111. The molecule has 0 aromatic heterocycles. The largest absolute Gasteiger partial charge is 0.509 e. The summed E-state index contributed by atoms with van der Waals surface area (Å²) >= 11 is 4.87. The Morgan fingerprint density at radius 2 is 2.00 bits per heavy atom. The summed E-state index contributed by atoms with van der Waals surface area (Å²) in [4.78, 5) is 0.111. The van der Waals surface area contributed by atoms with E-state index >= 15 is 0 Å². The number of aliphatic hydroxyl groups excluding tert-OH is 1. The van der Waals surface area contributed by atoms with Crippen molar-refractivity contribution in [3.05, 3.63) is 47.0 Å². The monoisotopic (exact) mass is 194 g/mol. The highest BCUT2D eigenvalue weighted by molar-refractivity contribution is 7.81. The quantitative estimate of drug-likeness (QED) is 0.641. The molecule has 1 aliphatic carbocycles. The number of halogens is 1. The van der Waals surface area contributed by atoms with Crippen molar-refractivity contribution in [3.8, 4) is 0 Å². The summed E-state index contributed by atoms with van der Waals surface area (Å²) in [6, 6.07) is 7.26. The average molecular weight is 194 g/mol. The van der Waals surface area contributed by atoms with Crippen molar-refractivity contribution in [1.29, 1.82) is 0 Å². The molecule has 2 rings (SSSR count). The van der Waals surface area contributed by atoms with Gasteiger partial charge in [-0.25, -0.2) is 4.39 Å². The third-order valence-corrected chi connectivity index (χ3v) is 2.47. The number of hydrogen-bond donors (Lipinski definition) is 1. The lowest BCUT2D eigenvalue weighted by Crippen LogP contribution is -2.12. The third kappa shape index (κ3) is 1.25. The van der Waals surface area contributed by atoms with Crippen LogP contribution in [0.4, 0.5) is 4.39 Å². The molecule has 0 heterocycles. The summed E-state index contributed by atoms with van der Waals surface area (Å²) in [5.41, 5.74) is 1.60. The fourth-order valence-electron chi connectivity index (χ4n) is 1.40. The van der Waals surface area contributed by atoms with Crippen molar-refractivity contribution in [2.45, 2.75) is 6.42 Å². The first-order valence-electron chi connectivity index (χ1n) is 3.90. The molecule has 1 nitrogen and oxygen atoms in total. The maximum atomic E-state index is 13.1. The van der Waals surface area contributed by atoms with Crippen molar-refractivity contribution < 1.29 is 9.50 Å². The molecule has 0 amide bonds. The highest BCUT2D eigenvalue weighted by atomic mass is 32.1. The van der Waals surface area contributed by atoms with Crippen LogP contribution in [0.3, 0.4) is 0 Å². The number of benzene rings is 1. The van der Waals surface area contributed by atoms with Crippen molar-refractivity contribution in [1.82, 2.24) is 0 Å². The van der Waals surface area contributed by atoms with Crippen LogP contribution in [0.5, 0.6) is 0 Å². The van der Waals surface area contributed by atoms with Crippen molar-refractivity contribution >= 4 is 17.1 Å². The van der Waals surface area contributed by atoms with Crippen LogP contribution in [0.1, 0.15) is 11.1 Å². The summed E-state index contributed by atoms with van der Waals surface area (Å²) in [6.07, 6.45) is 0.238. The average Bonchev–Trinajstić information content (AvgIpc) is 2.15. The Hall–Kier alpha value is -1.22. The van der Waals surface area contributed by atoms with Gasteiger partial charge in [0.1, 0.15) is 5.76 Å². The minimum atomic E-state index is -0.659. The standard InChI is InChI=1S/C10H7FOS/c11-9-8(12)5-6-3-1-2-4-7(6)10(9)13/h1-4,12H,5H2. The molecule has 0 radical (unpaired) electrons. The normalized spacial score (nSPS) is 15.9. The minimum Gasteiger partial charge on any atom is -0.509 e. The highest BCUT2D eigenvalue weighted by Crippen LogP contribution is 2.25. The molecule has 0 aliphatic heterocycles. The zero-order valence-electron chi connectivity index (χ0n) is 6.75. The van der Waals surface area contributed by atoms with Gasteiger partial charge in [-0.15, -0.1) is 0 Å². The molecule has 0 unspecified atom stereocenters. The molecule has 0 spiro atoms. The predicted octanol–water partition coefficient (Wildman–Crippen LogP) is 2.70. The van der Waals surface area contributed by atoms with E-state index in [0.29, 0.717) is 5.56 Å². The number of thiocarbonyl (C=S) groups is 1. The topological polar surface area (TPSA) is 20.2 Å². The third-order valence-electron chi connectivity index (χ3n) is 2.07. The summed E-state index contributed by atoms with van der Waals surface area (Å²) in [7, 11) is 0. The smallest absolute Gasteiger partial charge is 0.179 e. The fraction of sp³-hybridized carbons (Fsp3) is 0.100. The van der Waals surface area contributed by atoms with Crippen LogP contribution in [0, 0.1) is 0 Å². The van der Waals surface area contributed by atoms with Gasteiger partial charge in [-0.1, -0.05) is 36.5 Å². The summed E-state index contributed by atoms with van der Waals surface area (Å²) in [5, 5.41) is 9.21. The number of hydrogen-bond acceptors (Lipinski definition) is 2. The Bertz CT molecular complexity index is 409. The second-order valence-electron chi connectivity index (χ2n) is 2.92. The van der Waals surface area contributed by atoms with Crippen molar-refractivity contribution in [2.24, 2.45) is 0 Å². The van der Waals surface area contributed by atoms with E-state index in [0.717, 1.165) is 5.56 Å². The highest BCUT2D eigenvalue weighted by Gasteiger charge is 2.21. The zero-order valence-corrected chi connectivity index (χ0v) is 7.57. The molecule has 1 N–H and O–H groups in total. The maximum Gasteiger partial charge on any atom is 0.179 e. The van der Waals surface area contributed by atoms with E-state index in [-0.39, 0.29) is 17.0 Å². The van der Waals surface area contributed by atoms with Crippen LogP contribution in [0.2, 0.25) is 0 Å². The lowest BCUT2D eigenvalue weighted by atomic mass is 9.95. The van der Waals surface area contributed by atoms with Crippen molar-refractivity contribution in [2.75, 3.05) is 0 Å². The van der Waals surface area contributed by atoms with E-state index in [1.807, 2.05) is 12.1 Å². The van der Waals surface area contributed by atoms with E-state index in [2.05, 4.69) is 0 Å². The molecule has 0 saturated carbocycles. The van der Waals surface area contributed by atoms with Gasteiger partial charge in [-0.3, -0.25) is 0 Å². The molecule has 13 heavy (non-hydrogen) atoms. The van der Waals surface area contributed by atoms with Crippen LogP contribution in [0.15, 0.2) is 35.9 Å². The maximum absolute atomic E-state index is 13.1. The van der Waals surface area contributed by atoms with Gasteiger partial charge in [0.05, 0.1) is 4.86 Å². The molecule has 66 valence electrons. The summed E-state index contributed by atoms with van der Waals surface area (Å²) in [5.74, 6) is -0.919. The first-order valence-corrected chi connectivity index (χ1v) is 4.31. The first kappa shape index (κ1) is 8.38. The SMILES string of the molecule is OC1=C(F)C(=S)c2ccccc2C1. The zero-order chi connectivity index (χ0) is 9.42. The van der Waals surface area contributed by atoms with Gasteiger partial charge >= 0.3 is 0 Å². The van der Waals surface area contributed by atoms with Gasteiger partial charge < -0.3 is 5.11 Å². The summed E-state index contributed by atoms with van der Waals surface area (Å²) < 4.78 is 13.1. The summed E-state index contributed by atoms with van der Waals surface area (Å²) in [6.45, 7) is 0. The molecule has 0 saturated heterocycles. The van der Waals surface area contributed by atoms with Crippen LogP contribution < -0.4 is 0 Å². The van der Waals surface area contributed by atoms with Crippen LogP contribution in [-0.2, 0) is 6.42 Å². The second-order valence-corrected chi connectivity index (χ2v) is 3.33. The Labute approximate surface area is 80.5 Å². The number of aliphatic hydroxyl groups is 1. The van der Waals surface area contributed by atoms with E-state index in [1.54, 1.807) is 12.1 Å². The molecule has 0 atom stereocenters. The van der Waals surface area contributed by atoms with E-state index in [1.165, 1.54) is 0 Å². The Morgan fingerprint density at radius 3 is 2.77 bits per heavy atom. The Morgan fingerprint density at radius 1 is 1.31 bits per heavy atom. The van der Waals surface area contributed by atoms with Crippen LogP contribution in [-0.4, -0.2) is 9.97 Å². The van der Waals surface area contributed by atoms with Gasteiger partial charge in [0.15, 0.2) is 5.83 Å². The van der Waals surface area contributed by atoms with Gasteiger partial charge in [0, 0.05) is 6.42 Å². The van der Waals surface area contributed by atoms with Gasteiger partial charge in [-0.05, 0) is 11.1 Å². The van der Waals surface area contributed by atoms with E-state index in [4.69, 9.17) is 12.2 Å². The number of allylic oxidation sites excluding steroid dienone is 2. The van der Waals surface area contributed by atoms with Gasteiger partial charge in [0.25, 0.3) is 0 Å². The first-order chi connectivity index (χ1) is 6.20. The van der Waals surface area contributed by atoms with Gasteiger partial charge in [0.2, 0.25) is 0 Å². The van der Waals surface area contributed by atoms with Crippen LogP contribution in [0.25, 0.3) is 0 Å². The lowest BCUT2D eigenvalue weighted by Gasteiger charge is -2.15. The molecule has 1 aromatic rings. The second kappa shape index (κ2) is 2.92. The lowest BCUT2D eigenvalue weighted by molar-refractivity contribution is 0.374. The molecule has 0 fully saturated rings. The fourth-order valence-corrected chi connectivity index (χ4v) is 1.72. The van der Waals surface area contributed by atoms with E-state index < -0.39 is 5.83 Å². The molecule has 0 bridgehead atoms. The Kier molecular flexibility index (Phi) is 1.88. The number of rotatable bonds is 0. The Balaban J connectivity index is 2.59. The molecule has 1 aromatic carbocycles. The molecule has 1 aliphatic rings.